The Bertz CT molecular complexity index is 483. The third-order valence-electron chi connectivity index (χ3n) is 3.09. The fraction of sp³-hybridized carbons (Fsp3) is 0.308. The van der Waals surface area contributed by atoms with Gasteiger partial charge < -0.3 is 5.73 Å². The third kappa shape index (κ3) is 2.33. The van der Waals surface area contributed by atoms with Crippen LogP contribution in [0.5, 0.6) is 0 Å². The first-order chi connectivity index (χ1) is 8.31. The fourth-order valence-corrected chi connectivity index (χ4v) is 3.09. The lowest BCUT2D eigenvalue weighted by atomic mass is 10.1. The Hall–Kier alpha value is -1.39. The van der Waals surface area contributed by atoms with Gasteiger partial charge in [-0.2, -0.15) is 0 Å². The second-order valence-electron chi connectivity index (χ2n) is 4.37. The number of fused-ring (bicyclic) bond motifs is 1. The predicted octanol–water partition coefficient (Wildman–Crippen LogP) is 2.28. The van der Waals surface area contributed by atoms with Gasteiger partial charge in [-0.1, -0.05) is 30.3 Å². The number of rotatable bonds is 3. The zero-order chi connectivity index (χ0) is 11.7. The van der Waals surface area contributed by atoms with Crippen LogP contribution in [-0.4, -0.2) is 16.4 Å². The van der Waals surface area contributed by atoms with Gasteiger partial charge in [-0.3, -0.25) is 4.90 Å². The van der Waals surface area contributed by atoms with Crippen LogP contribution in [0, 0.1) is 0 Å². The lowest BCUT2D eigenvalue weighted by molar-refractivity contribution is 0.287. The van der Waals surface area contributed by atoms with E-state index in [1.54, 1.807) is 11.3 Å². The monoisotopic (exact) mass is 245 g/mol. The summed E-state index contributed by atoms with van der Waals surface area (Å²) in [5.74, 6) is 0. The molecule has 0 aliphatic carbocycles. The first-order valence-electron chi connectivity index (χ1n) is 5.81. The number of nitrogens with zero attached hydrogens (tertiary/aromatic N) is 2. The highest BCUT2D eigenvalue weighted by Gasteiger charge is 2.22. The van der Waals surface area contributed by atoms with Crippen molar-refractivity contribution in [2.24, 2.45) is 0 Å². The lowest BCUT2D eigenvalue weighted by Gasteiger charge is -2.14. The van der Waals surface area contributed by atoms with E-state index >= 15 is 0 Å². The van der Waals surface area contributed by atoms with Crippen molar-refractivity contribution in [3.63, 3.8) is 0 Å². The smallest absolute Gasteiger partial charge is 0.180 e. The van der Waals surface area contributed by atoms with Gasteiger partial charge in [0.1, 0.15) is 0 Å². The number of hydrogen-bond acceptors (Lipinski definition) is 4. The van der Waals surface area contributed by atoms with Gasteiger partial charge >= 0.3 is 0 Å². The minimum atomic E-state index is 0.706. The highest BCUT2D eigenvalue weighted by atomic mass is 32.1. The summed E-state index contributed by atoms with van der Waals surface area (Å²) in [7, 11) is 0. The van der Waals surface area contributed by atoms with E-state index in [4.69, 9.17) is 5.73 Å². The number of aromatic nitrogens is 1. The molecule has 0 atom stereocenters. The second kappa shape index (κ2) is 4.47. The van der Waals surface area contributed by atoms with Crippen molar-refractivity contribution < 1.29 is 0 Å². The molecule has 1 aliphatic heterocycles. The molecular formula is C13H15N3S. The summed E-state index contributed by atoms with van der Waals surface area (Å²) in [4.78, 5) is 8.13. The van der Waals surface area contributed by atoms with E-state index in [-0.39, 0.29) is 0 Å². The van der Waals surface area contributed by atoms with Crippen molar-refractivity contribution in [3.8, 4) is 0 Å². The fourth-order valence-electron chi connectivity index (χ4n) is 2.21. The molecule has 3 nitrogen and oxygen atoms in total. The molecule has 3 rings (SSSR count). The average Bonchev–Trinajstić information content (AvgIpc) is 2.84. The Balaban J connectivity index is 1.57. The van der Waals surface area contributed by atoms with E-state index in [0.717, 1.165) is 26.1 Å². The van der Waals surface area contributed by atoms with Crippen LogP contribution in [0.2, 0.25) is 0 Å². The van der Waals surface area contributed by atoms with Crippen molar-refractivity contribution in [2.75, 3.05) is 12.3 Å². The van der Waals surface area contributed by atoms with Crippen LogP contribution >= 0.6 is 11.3 Å². The maximum atomic E-state index is 5.69. The molecule has 0 saturated carbocycles. The van der Waals surface area contributed by atoms with Gasteiger partial charge in [-0.05, 0) is 12.0 Å². The minimum Gasteiger partial charge on any atom is -0.375 e. The molecule has 1 aromatic carbocycles. The summed E-state index contributed by atoms with van der Waals surface area (Å²) in [5.41, 5.74) is 8.27. The number of anilines is 1. The molecule has 0 spiro atoms. The van der Waals surface area contributed by atoms with E-state index in [9.17, 15) is 0 Å². The van der Waals surface area contributed by atoms with Crippen LogP contribution in [0.1, 0.15) is 16.1 Å². The van der Waals surface area contributed by atoms with E-state index in [1.165, 1.54) is 16.1 Å². The van der Waals surface area contributed by atoms with E-state index in [0.29, 0.717) is 5.13 Å². The molecule has 2 N–H and O–H groups in total. The molecule has 2 heterocycles. The van der Waals surface area contributed by atoms with E-state index in [1.807, 2.05) is 0 Å². The molecule has 0 saturated heterocycles. The number of benzene rings is 1. The summed E-state index contributed by atoms with van der Waals surface area (Å²) in [6.07, 6.45) is 1.10. The van der Waals surface area contributed by atoms with Crippen LogP contribution < -0.4 is 5.73 Å². The molecule has 0 unspecified atom stereocenters. The molecule has 4 heteroatoms. The standard InChI is InChI=1S/C13H15N3S/c14-13-15-11-8-16(9-12(11)17-13)7-6-10-4-2-1-3-5-10/h1-5H,6-9H2,(H2,14,15). The lowest BCUT2D eigenvalue weighted by Crippen LogP contribution is -2.19. The Morgan fingerprint density at radius 1 is 1.24 bits per heavy atom. The molecule has 1 aromatic heterocycles. The van der Waals surface area contributed by atoms with Gasteiger partial charge in [0.05, 0.1) is 5.69 Å². The van der Waals surface area contributed by atoms with Gasteiger partial charge in [0.15, 0.2) is 5.13 Å². The maximum Gasteiger partial charge on any atom is 0.180 e. The van der Waals surface area contributed by atoms with Crippen LogP contribution in [-0.2, 0) is 19.5 Å². The zero-order valence-electron chi connectivity index (χ0n) is 9.60. The Morgan fingerprint density at radius 2 is 2.06 bits per heavy atom. The summed E-state index contributed by atoms with van der Waals surface area (Å²) in [6.45, 7) is 3.06. The molecule has 0 radical (unpaired) electrons. The van der Waals surface area contributed by atoms with Gasteiger partial charge in [0.2, 0.25) is 0 Å². The van der Waals surface area contributed by atoms with Crippen LogP contribution in [0.3, 0.4) is 0 Å². The highest BCUT2D eigenvalue weighted by molar-refractivity contribution is 7.15. The van der Waals surface area contributed by atoms with Crippen molar-refractivity contribution in [2.45, 2.75) is 19.5 Å². The summed E-state index contributed by atoms with van der Waals surface area (Å²) in [5, 5.41) is 0.706. The summed E-state index contributed by atoms with van der Waals surface area (Å²) in [6, 6.07) is 10.6. The second-order valence-corrected chi connectivity index (χ2v) is 5.48. The number of thiazole rings is 1. The Kier molecular flexibility index (Phi) is 2.82. The maximum absolute atomic E-state index is 5.69. The Labute approximate surface area is 105 Å². The van der Waals surface area contributed by atoms with Crippen LogP contribution in [0.4, 0.5) is 5.13 Å². The molecule has 2 aromatic rings. The van der Waals surface area contributed by atoms with E-state index in [2.05, 4.69) is 40.2 Å². The molecule has 17 heavy (non-hydrogen) atoms. The summed E-state index contributed by atoms with van der Waals surface area (Å²) < 4.78 is 0. The first-order valence-corrected chi connectivity index (χ1v) is 6.63. The molecular weight excluding hydrogens is 230 g/mol. The Morgan fingerprint density at radius 3 is 2.82 bits per heavy atom. The third-order valence-corrected chi connectivity index (χ3v) is 4.01. The normalized spacial score (nSPS) is 15.1. The largest absolute Gasteiger partial charge is 0.375 e. The van der Waals surface area contributed by atoms with E-state index < -0.39 is 0 Å². The molecule has 0 bridgehead atoms. The zero-order valence-corrected chi connectivity index (χ0v) is 10.4. The van der Waals surface area contributed by atoms with Crippen molar-refractivity contribution in [1.29, 1.82) is 0 Å². The number of nitrogens with two attached hydrogens (primary N) is 1. The minimum absolute atomic E-state index is 0.706. The van der Waals surface area contributed by atoms with Gasteiger partial charge in [-0.25, -0.2) is 4.98 Å². The topological polar surface area (TPSA) is 42.1 Å². The molecule has 1 aliphatic rings. The van der Waals surface area contributed by atoms with Crippen molar-refractivity contribution in [1.82, 2.24) is 9.88 Å². The molecule has 88 valence electrons. The van der Waals surface area contributed by atoms with Crippen molar-refractivity contribution in [3.05, 3.63) is 46.5 Å². The van der Waals surface area contributed by atoms with Gasteiger partial charge in [-0.15, -0.1) is 11.3 Å². The van der Waals surface area contributed by atoms with Gasteiger partial charge in [0.25, 0.3) is 0 Å². The molecule has 0 fully saturated rings. The number of nitrogen functional groups attached to an aromatic ring is 1. The van der Waals surface area contributed by atoms with Gasteiger partial charge in [0, 0.05) is 24.5 Å². The van der Waals surface area contributed by atoms with Crippen LogP contribution in [0.15, 0.2) is 30.3 Å². The predicted molar refractivity (Wildman–Crippen MR) is 70.8 cm³/mol. The quantitative estimate of drug-likeness (QED) is 0.902. The van der Waals surface area contributed by atoms with Crippen LogP contribution in [0.25, 0.3) is 0 Å². The SMILES string of the molecule is Nc1nc2c(s1)CN(CCc1ccccc1)C2. The summed E-state index contributed by atoms with van der Waals surface area (Å²) >= 11 is 1.63. The highest BCUT2D eigenvalue weighted by Crippen LogP contribution is 2.29. The average molecular weight is 245 g/mol. The number of hydrogen-bond donors (Lipinski definition) is 1. The van der Waals surface area contributed by atoms with Crippen molar-refractivity contribution >= 4 is 16.5 Å². The molecule has 0 amide bonds. The first kappa shape index (κ1) is 10.7.